The summed E-state index contributed by atoms with van der Waals surface area (Å²) in [6.45, 7) is 15.2. The maximum Gasteiger partial charge on any atom is 0.126 e. The van der Waals surface area contributed by atoms with E-state index in [2.05, 4.69) is 25.3 Å². The molecule has 0 saturated heterocycles. The molecule has 0 aromatic carbocycles. The Hall–Kier alpha value is -1.80. The van der Waals surface area contributed by atoms with E-state index in [0.29, 0.717) is 30.6 Å². The predicted octanol–water partition coefficient (Wildman–Crippen LogP) is -0.997. The SMILES string of the molecule is CC(C)=O.CC(C)CC(C=O)CC(=O)[O-].CC(C)CC([NH3+])CC(=O)[O-].CC(C)[NH3+]. The Morgan fingerprint density at radius 2 is 1.10 bits per heavy atom. The summed E-state index contributed by atoms with van der Waals surface area (Å²) in [4.78, 5) is 39.8. The average molecular weight is 421 g/mol. The molecule has 174 valence electrons. The van der Waals surface area contributed by atoms with Gasteiger partial charge >= 0.3 is 0 Å². The Bertz CT molecular complexity index is 430. The minimum Gasteiger partial charge on any atom is -0.550 e. The van der Waals surface area contributed by atoms with Crippen molar-refractivity contribution < 1.29 is 40.9 Å². The molecule has 6 N–H and O–H groups in total. The van der Waals surface area contributed by atoms with Gasteiger partial charge < -0.3 is 40.9 Å². The van der Waals surface area contributed by atoms with Gasteiger partial charge in [-0.15, -0.1) is 0 Å². The van der Waals surface area contributed by atoms with Crippen molar-refractivity contribution in [3.8, 4) is 0 Å². The van der Waals surface area contributed by atoms with Crippen LogP contribution in [0.5, 0.6) is 0 Å². The number of aldehydes is 1. The first-order valence-corrected chi connectivity index (χ1v) is 10.0. The van der Waals surface area contributed by atoms with E-state index in [-0.39, 0.29) is 30.6 Å². The summed E-state index contributed by atoms with van der Waals surface area (Å²) < 4.78 is 0. The molecule has 0 aromatic rings. The Kier molecular flexibility index (Phi) is 26.9. The molecule has 0 aliphatic heterocycles. The Balaban J connectivity index is -0.000000159. The van der Waals surface area contributed by atoms with Crippen LogP contribution >= 0.6 is 0 Å². The number of Topliss-reactive ketones (excluding diaryl/α,β-unsaturated/α-hetero) is 1. The van der Waals surface area contributed by atoms with Crippen LogP contribution in [0.15, 0.2) is 0 Å². The van der Waals surface area contributed by atoms with E-state index in [0.717, 1.165) is 6.42 Å². The number of carboxylic acid groups (broad SMARTS) is 2. The third-order valence-corrected chi connectivity index (χ3v) is 2.66. The van der Waals surface area contributed by atoms with E-state index < -0.39 is 11.9 Å². The van der Waals surface area contributed by atoms with Crippen LogP contribution in [0.2, 0.25) is 0 Å². The van der Waals surface area contributed by atoms with Gasteiger partial charge in [0, 0.05) is 30.7 Å². The largest absolute Gasteiger partial charge is 0.550 e. The van der Waals surface area contributed by atoms with Gasteiger partial charge in [0.1, 0.15) is 12.1 Å². The first-order valence-electron chi connectivity index (χ1n) is 10.0. The molecule has 0 radical (unpaired) electrons. The van der Waals surface area contributed by atoms with Crippen LogP contribution in [-0.4, -0.2) is 36.1 Å². The molecule has 0 fully saturated rings. The van der Waals surface area contributed by atoms with Crippen molar-refractivity contribution in [3.63, 3.8) is 0 Å². The van der Waals surface area contributed by atoms with Crippen molar-refractivity contribution in [1.82, 2.24) is 0 Å². The van der Waals surface area contributed by atoms with E-state index >= 15 is 0 Å². The molecular formula is C21H44N2O6. The highest BCUT2D eigenvalue weighted by atomic mass is 16.4. The standard InChI is InChI=1S/C8H14O3.C7H15NO2.C3H9N.C3H6O/c1-6(2)3-7(5-9)4-8(10)11;1-5(2)3-6(8)4-7(9)10;2*1-3(2)4/h5-7H,3-4H2,1-2H3,(H,10,11);5-6H,3-4,8H2,1-2H3,(H,9,10);3H,4H2,1-2H3;1-2H3. The van der Waals surface area contributed by atoms with Gasteiger partial charge in [-0.05, 0) is 52.4 Å². The molecule has 29 heavy (non-hydrogen) atoms. The summed E-state index contributed by atoms with van der Waals surface area (Å²) in [6.07, 6.45) is 2.10. The van der Waals surface area contributed by atoms with Crippen LogP contribution in [0.3, 0.4) is 0 Å². The van der Waals surface area contributed by atoms with E-state index in [1.54, 1.807) is 0 Å². The maximum absolute atomic E-state index is 10.3. The summed E-state index contributed by atoms with van der Waals surface area (Å²) in [6, 6.07) is 0.588. The first-order chi connectivity index (χ1) is 13.0. The lowest BCUT2D eigenvalue weighted by atomic mass is 9.96. The summed E-state index contributed by atoms with van der Waals surface area (Å²) in [5.74, 6) is -1.49. The number of hydrogen-bond donors (Lipinski definition) is 2. The monoisotopic (exact) mass is 420 g/mol. The summed E-state index contributed by atoms with van der Waals surface area (Å²) in [5.41, 5.74) is 7.34. The minimum absolute atomic E-state index is 0.00463. The van der Waals surface area contributed by atoms with E-state index in [9.17, 15) is 29.4 Å². The van der Waals surface area contributed by atoms with Crippen molar-refractivity contribution in [2.75, 3.05) is 0 Å². The van der Waals surface area contributed by atoms with Crippen LogP contribution in [0, 0.1) is 17.8 Å². The second kappa shape index (κ2) is 22.5. The van der Waals surface area contributed by atoms with Crippen LogP contribution in [0.25, 0.3) is 0 Å². The molecule has 0 bridgehead atoms. The van der Waals surface area contributed by atoms with Crippen LogP contribution in [0.4, 0.5) is 0 Å². The van der Waals surface area contributed by atoms with Crippen molar-refractivity contribution in [2.24, 2.45) is 17.8 Å². The van der Waals surface area contributed by atoms with Crippen LogP contribution < -0.4 is 21.7 Å². The molecule has 0 aromatic heterocycles. The van der Waals surface area contributed by atoms with Crippen molar-refractivity contribution >= 4 is 24.0 Å². The van der Waals surface area contributed by atoms with Gasteiger partial charge in [0.05, 0.1) is 12.1 Å². The zero-order valence-corrected chi connectivity index (χ0v) is 19.7. The zero-order valence-electron chi connectivity index (χ0n) is 19.7. The topological polar surface area (TPSA) is 170 Å². The molecule has 0 heterocycles. The Morgan fingerprint density at radius 1 is 0.793 bits per heavy atom. The number of quaternary nitrogens is 2. The number of hydrogen-bond acceptors (Lipinski definition) is 6. The van der Waals surface area contributed by atoms with Crippen LogP contribution in [0.1, 0.15) is 81.1 Å². The second-order valence-corrected chi connectivity index (χ2v) is 8.48. The molecule has 0 saturated carbocycles. The fourth-order valence-electron chi connectivity index (χ4n) is 1.99. The molecule has 2 atom stereocenters. The van der Waals surface area contributed by atoms with Gasteiger partial charge in [-0.2, -0.15) is 0 Å². The number of rotatable bonds is 9. The predicted molar refractivity (Wildman–Crippen MR) is 109 cm³/mol. The van der Waals surface area contributed by atoms with Gasteiger partial charge in [-0.25, -0.2) is 0 Å². The lowest BCUT2D eigenvalue weighted by Gasteiger charge is -2.12. The van der Waals surface area contributed by atoms with E-state index in [1.807, 2.05) is 27.7 Å². The maximum atomic E-state index is 10.3. The summed E-state index contributed by atoms with van der Waals surface area (Å²) in [5, 5.41) is 20.1. The highest BCUT2D eigenvalue weighted by Crippen LogP contribution is 2.12. The highest BCUT2D eigenvalue weighted by molar-refractivity contribution is 5.72. The molecule has 0 rings (SSSR count). The number of ketones is 1. The van der Waals surface area contributed by atoms with E-state index in [4.69, 9.17) is 0 Å². The van der Waals surface area contributed by atoms with Gasteiger partial charge in [0.15, 0.2) is 0 Å². The summed E-state index contributed by atoms with van der Waals surface area (Å²) >= 11 is 0. The smallest absolute Gasteiger partial charge is 0.126 e. The minimum atomic E-state index is -1.15. The highest BCUT2D eigenvalue weighted by Gasteiger charge is 2.09. The van der Waals surface area contributed by atoms with Crippen molar-refractivity contribution in [3.05, 3.63) is 0 Å². The molecule has 0 aliphatic rings. The fraction of sp³-hybridized carbons (Fsp3) is 0.810. The third-order valence-electron chi connectivity index (χ3n) is 2.66. The Labute approximate surface area is 176 Å². The molecule has 0 amide bonds. The fourth-order valence-corrected chi connectivity index (χ4v) is 1.99. The number of carbonyl (C=O) groups is 4. The second-order valence-electron chi connectivity index (χ2n) is 8.48. The van der Waals surface area contributed by atoms with E-state index in [1.165, 1.54) is 13.8 Å². The number of aliphatic carboxylic acids is 2. The third kappa shape index (κ3) is 58.5. The zero-order chi connectivity index (χ0) is 24.2. The molecule has 0 spiro atoms. The van der Waals surface area contributed by atoms with Gasteiger partial charge in [-0.1, -0.05) is 27.7 Å². The molecular weight excluding hydrogens is 376 g/mol. The summed E-state index contributed by atoms with van der Waals surface area (Å²) in [7, 11) is 0. The van der Waals surface area contributed by atoms with Gasteiger partial charge in [-0.3, -0.25) is 0 Å². The lowest BCUT2D eigenvalue weighted by molar-refractivity contribution is -0.427. The van der Waals surface area contributed by atoms with Crippen molar-refractivity contribution in [1.29, 1.82) is 0 Å². The molecule has 0 aliphatic carbocycles. The number of carboxylic acids is 2. The normalized spacial score (nSPS) is 11.8. The Morgan fingerprint density at radius 3 is 1.31 bits per heavy atom. The molecule has 8 nitrogen and oxygen atoms in total. The first kappa shape index (κ1) is 34.7. The van der Waals surface area contributed by atoms with Gasteiger partial charge in [0.2, 0.25) is 0 Å². The average Bonchev–Trinajstić information content (AvgIpc) is 2.42. The van der Waals surface area contributed by atoms with Crippen molar-refractivity contribution in [2.45, 2.75) is 93.2 Å². The quantitative estimate of drug-likeness (QED) is 0.453. The number of carbonyl (C=O) groups excluding carboxylic acids is 4. The molecule has 2 unspecified atom stereocenters. The van der Waals surface area contributed by atoms with Crippen LogP contribution in [-0.2, 0) is 19.2 Å². The lowest BCUT2D eigenvalue weighted by Crippen LogP contribution is -2.62. The molecule has 8 heteroatoms. The van der Waals surface area contributed by atoms with Gasteiger partial charge in [0.25, 0.3) is 0 Å².